The molecule has 2 rings (SSSR count). The molecule has 0 heterocycles. The average Bonchev–Trinajstić information content (AvgIpc) is 2.77. The van der Waals surface area contributed by atoms with Crippen LogP contribution >= 0.6 is 0 Å². The number of benzene rings is 1. The quantitative estimate of drug-likeness (QED) is 0.885. The number of halogens is 1. The molecule has 2 atom stereocenters. The Morgan fingerprint density at radius 1 is 1.42 bits per heavy atom. The highest BCUT2D eigenvalue weighted by Gasteiger charge is 2.26. The van der Waals surface area contributed by atoms with E-state index >= 15 is 0 Å². The van der Waals surface area contributed by atoms with Gasteiger partial charge in [-0.25, -0.2) is 12.8 Å². The molecule has 0 radical (unpaired) electrons. The van der Waals surface area contributed by atoms with Crippen LogP contribution in [0.2, 0.25) is 0 Å². The summed E-state index contributed by atoms with van der Waals surface area (Å²) in [6.07, 6.45) is 4.17. The highest BCUT2D eigenvalue weighted by Crippen LogP contribution is 2.29. The lowest BCUT2D eigenvalue weighted by Crippen LogP contribution is -2.29. The molecule has 0 amide bonds. The van der Waals surface area contributed by atoms with Crippen LogP contribution in [0.4, 0.5) is 10.1 Å². The van der Waals surface area contributed by atoms with Gasteiger partial charge in [0, 0.05) is 12.3 Å². The van der Waals surface area contributed by atoms with Gasteiger partial charge in [0.05, 0.1) is 10.6 Å². The average molecular weight is 286 g/mol. The molecule has 4 nitrogen and oxygen atoms in total. The minimum Gasteiger partial charge on any atom is -0.380 e. The SMILES string of the molecule is CS(=O)(=O)c1ccc(NC2CCCC2CN)c(F)c1. The Hall–Kier alpha value is -1.14. The van der Waals surface area contributed by atoms with Crippen molar-refractivity contribution >= 4 is 15.5 Å². The molecule has 0 bridgehead atoms. The van der Waals surface area contributed by atoms with E-state index in [9.17, 15) is 12.8 Å². The summed E-state index contributed by atoms with van der Waals surface area (Å²) in [4.78, 5) is -0.00246. The Morgan fingerprint density at radius 2 is 2.16 bits per heavy atom. The first-order valence-electron chi connectivity index (χ1n) is 6.38. The second-order valence-corrected chi connectivity index (χ2v) is 7.11. The summed E-state index contributed by atoms with van der Waals surface area (Å²) in [5.41, 5.74) is 6.03. The molecule has 1 aliphatic carbocycles. The maximum absolute atomic E-state index is 13.9. The van der Waals surface area contributed by atoms with Crippen molar-refractivity contribution in [1.82, 2.24) is 0 Å². The molecule has 0 aromatic heterocycles. The first-order valence-corrected chi connectivity index (χ1v) is 8.27. The van der Waals surface area contributed by atoms with E-state index in [2.05, 4.69) is 5.32 Å². The fraction of sp³-hybridized carbons (Fsp3) is 0.538. The van der Waals surface area contributed by atoms with Crippen LogP contribution in [0.25, 0.3) is 0 Å². The molecule has 106 valence electrons. The number of anilines is 1. The number of hydrogen-bond acceptors (Lipinski definition) is 4. The summed E-state index contributed by atoms with van der Waals surface area (Å²) in [5, 5.41) is 3.14. The first kappa shape index (κ1) is 14.3. The lowest BCUT2D eigenvalue weighted by molar-refractivity contribution is 0.512. The van der Waals surface area contributed by atoms with Crippen LogP contribution in [0.5, 0.6) is 0 Å². The largest absolute Gasteiger partial charge is 0.380 e. The lowest BCUT2D eigenvalue weighted by atomic mass is 10.0. The van der Waals surface area contributed by atoms with E-state index in [1.807, 2.05) is 0 Å². The van der Waals surface area contributed by atoms with Gasteiger partial charge in [0.25, 0.3) is 0 Å². The van der Waals surface area contributed by atoms with E-state index < -0.39 is 15.7 Å². The Kier molecular flexibility index (Phi) is 4.10. The molecule has 0 saturated heterocycles. The second-order valence-electron chi connectivity index (χ2n) is 5.09. The van der Waals surface area contributed by atoms with Crippen molar-refractivity contribution in [1.29, 1.82) is 0 Å². The summed E-state index contributed by atoms with van der Waals surface area (Å²) in [5.74, 6) is -0.181. The summed E-state index contributed by atoms with van der Waals surface area (Å²) < 4.78 is 36.6. The highest BCUT2D eigenvalue weighted by atomic mass is 32.2. The fourth-order valence-corrected chi connectivity index (χ4v) is 3.19. The molecule has 19 heavy (non-hydrogen) atoms. The van der Waals surface area contributed by atoms with Gasteiger partial charge in [0.15, 0.2) is 9.84 Å². The van der Waals surface area contributed by atoms with Gasteiger partial charge in [0.2, 0.25) is 0 Å². The Labute approximate surface area is 113 Å². The van der Waals surface area contributed by atoms with E-state index in [1.54, 1.807) is 0 Å². The third-order valence-corrected chi connectivity index (χ3v) is 4.78. The maximum Gasteiger partial charge on any atom is 0.175 e. The molecule has 1 aromatic carbocycles. The van der Waals surface area contributed by atoms with E-state index in [4.69, 9.17) is 5.73 Å². The van der Waals surface area contributed by atoms with Crippen molar-refractivity contribution in [2.45, 2.75) is 30.2 Å². The maximum atomic E-state index is 13.9. The van der Waals surface area contributed by atoms with E-state index in [0.29, 0.717) is 18.2 Å². The number of sulfone groups is 1. The molecule has 0 aliphatic heterocycles. The van der Waals surface area contributed by atoms with Crippen molar-refractivity contribution in [3.63, 3.8) is 0 Å². The molecule has 1 saturated carbocycles. The number of hydrogen-bond donors (Lipinski definition) is 2. The van der Waals surface area contributed by atoms with Gasteiger partial charge in [-0.1, -0.05) is 6.42 Å². The van der Waals surface area contributed by atoms with E-state index in [1.165, 1.54) is 12.1 Å². The minimum atomic E-state index is -3.37. The summed E-state index contributed by atoms with van der Waals surface area (Å²) in [6, 6.07) is 4.14. The van der Waals surface area contributed by atoms with E-state index in [-0.39, 0.29) is 10.9 Å². The molecule has 1 fully saturated rings. The molecule has 1 aliphatic rings. The van der Waals surface area contributed by atoms with Crippen molar-refractivity contribution in [3.05, 3.63) is 24.0 Å². The van der Waals surface area contributed by atoms with Crippen LogP contribution in [-0.2, 0) is 9.84 Å². The predicted octanol–water partition coefficient (Wildman–Crippen LogP) is 1.77. The van der Waals surface area contributed by atoms with Crippen molar-refractivity contribution in [3.8, 4) is 0 Å². The summed E-state index contributed by atoms with van der Waals surface area (Å²) in [7, 11) is -3.37. The lowest BCUT2D eigenvalue weighted by Gasteiger charge is -2.21. The first-order chi connectivity index (χ1) is 8.91. The minimum absolute atomic E-state index is 0.00246. The summed E-state index contributed by atoms with van der Waals surface area (Å²) in [6.45, 7) is 0.584. The topological polar surface area (TPSA) is 72.2 Å². The van der Waals surface area contributed by atoms with Crippen LogP contribution in [0, 0.1) is 11.7 Å². The van der Waals surface area contributed by atoms with Crippen LogP contribution in [-0.4, -0.2) is 27.3 Å². The van der Waals surface area contributed by atoms with Crippen molar-refractivity contribution in [2.75, 3.05) is 18.1 Å². The third-order valence-electron chi connectivity index (χ3n) is 3.67. The van der Waals surface area contributed by atoms with Crippen molar-refractivity contribution < 1.29 is 12.8 Å². The number of rotatable bonds is 4. The zero-order valence-electron chi connectivity index (χ0n) is 10.9. The number of nitrogens with two attached hydrogens (primary N) is 1. The Morgan fingerprint density at radius 3 is 2.74 bits per heavy atom. The fourth-order valence-electron chi connectivity index (χ4n) is 2.55. The monoisotopic (exact) mass is 286 g/mol. The molecular weight excluding hydrogens is 267 g/mol. The molecule has 1 aromatic rings. The van der Waals surface area contributed by atoms with Gasteiger partial charge >= 0.3 is 0 Å². The third kappa shape index (κ3) is 3.25. The van der Waals surface area contributed by atoms with Crippen molar-refractivity contribution in [2.24, 2.45) is 11.7 Å². The standard InChI is InChI=1S/C13H19FN2O2S/c1-19(17,18)10-5-6-13(11(14)7-10)16-12-4-2-3-9(12)8-15/h5-7,9,12,16H,2-4,8,15H2,1H3. The molecule has 6 heteroatoms. The van der Waals surface area contributed by atoms with Gasteiger partial charge in [-0.2, -0.15) is 0 Å². The summed E-state index contributed by atoms with van der Waals surface area (Å²) >= 11 is 0. The Balaban J connectivity index is 2.18. The molecule has 0 spiro atoms. The highest BCUT2D eigenvalue weighted by molar-refractivity contribution is 7.90. The molecule has 2 unspecified atom stereocenters. The van der Waals surface area contributed by atoms with Gasteiger partial charge in [0.1, 0.15) is 5.82 Å². The predicted molar refractivity (Wildman–Crippen MR) is 73.3 cm³/mol. The van der Waals surface area contributed by atoms with Gasteiger partial charge in [-0.05, 0) is 43.5 Å². The number of nitrogens with one attached hydrogen (secondary N) is 1. The van der Waals surface area contributed by atoms with Gasteiger partial charge < -0.3 is 11.1 Å². The van der Waals surface area contributed by atoms with Crippen LogP contribution in [0.15, 0.2) is 23.1 Å². The zero-order valence-corrected chi connectivity index (χ0v) is 11.7. The van der Waals surface area contributed by atoms with Crippen LogP contribution in [0.3, 0.4) is 0 Å². The smallest absolute Gasteiger partial charge is 0.175 e. The normalized spacial score (nSPS) is 23.5. The van der Waals surface area contributed by atoms with Crippen LogP contribution in [0.1, 0.15) is 19.3 Å². The molecular formula is C13H19FN2O2S. The zero-order chi connectivity index (χ0) is 14.0. The molecule has 3 N–H and O–H groups in total. The van der Waals surface area contributed by atoms with Gasteiger partial charge in [-0.15, -0.1) is 0 Å². The van der Waals surface area contributed by atoms with Gasteiger partial charge in [-0.3, -0.25) is 0 Å². The van der Waals surface area contributed by atoms with E-state index in [0.717, 1.165) is 31.6 Å². The second kappa shape index (κ2) is 5.46. The Bertz CT molecular complexity index is 560. The van der Waals surface area contributed by atoms with Crippen LogP contribution < -0.4 is 11.1 Å².